The van der Waals surface area contributed by atoms with Crippen molar-refractivity contribution in [1.82, 2.24) is 10.3 Å². The van der Waals surface area contributed by atoms with Gasteiger partial charge in [0, 0.05) is 37.1 Å². The number of piperidine rings is 1. The van der Waals surface area contributed by atoms with Gasteiger partial charge in [-0.05, 0) is 37.3 Å². The van der Waals surface area contributed by atoms with Gasteiger partial charge >= 0.3 is 0 Å². The predicted molar refractivity (Wildman–Crippen MR) is 106 cm³/mol. The molecule has 1 N–H and O–H groups in total. The number of anilines is 1. The first-order valence-corrected chi connectivity index (χ1v) is 9.46. The summed E-state index contributed by atoms with van der Waals surface area (Å²) in [6.45, 7) is 8.72. The second-order valence-electron chi connectivity index (χ2n) is 7.50. The zero-order valence-electron chi connectivity index (χ0n) is 16.2. The summed E-state index contributed by atoms with van der Waals surface area (Å²) >= 11 is 0. The van der Waals surface area contributed by atoms with Crippen molar-refractivity contribution in [2.24, 2.45) is 11.8 Å². The zero-order chi connectivity index (χ0) is 18.7. The van der Waals surface area contributed by atoms with E-state index in [-0.39, 0.29) is 11.8 Å². The van der Waals surface area contributed by atoms with Crippen molar-refractivity contribution in [3.05, 3.63) is 30.0 Å². The number of carbonyl (C=O) groups is 1. The number of ether oxygens (including phenoxy) is 1. The summed E-state index contributed by atoms with van der Waals surface area (Å²) in [6, 6.07) is 6.10. The highest BCUT2D eigenvalue weighted by molar-refractivity contribution is 5.96. The first-order chi connectivity index (χ1) is 12.5. The van der Waals surface area contributed by atoms with Gasteiger partial charge in [0.1, 0.15) is 11.3 Å². The molecule has 0 unspecified atom stereocenters. The number of fused-ring (bicyclic) bond motifs is 1. The molecule has 2 heterocycles. The van der Waals surface area contributed by atoms with Crippen LogP contribution in [0.25, 0.3) is 10.9 Å². The first-order valence-electron chi connectivity index (χ1n) is 9.46. The fourth-order valence-electron chi connectivity index (χ4n) is 3.75. The van der Waals surface area contributed by atoms with E-state index in [9.17, 15) is 4.79 Å². The number of nitrogens with one attached hydrogen (secondary N) is 1. The number of hydrogen-bond acceptors (Lipinski definition) is 4. The molecule has 1 aliphatic heterocycles. The minimum Gasteiger partial charge on any atom is -0.494 e. The van der Waals surface area contributed by atoms with E-state index in [1.165, 1.54) is 11.3 Å². The van der Waals surface area contributed by atoms with Crippen molar-refractivity contribution < 1.29 is 9.53 Å². The SMILES string of the molecule is COc1cccc2c(N3CCC[C@H](CNC(=O)C(C)C)C3)c(C)cnc12. The number of hydrogen-bond donors (Lipinski definition) is 1. The van der Waals surface area contributed by atoms with E-state index >= 15 is 0 Å². The lowest BCUT2D eigenvalue weighted by Crippen LogP contribution is -2.42. The van der Waals surface area contributed by atoms with Crippen molar-refractivity contribution in [2.75, 3.05) is 31.6 Å². The maximum atomic E-state index is 11.9. The summed E-state index contributed by atoms with van der Waals surface area (Å²) in [6.07, 6.45) is 4.22. The molecule has 0 radical (unpaired) electrons. The molecule has 1 aromatic carbocycles. The number of carbonyl (C=O) groups excluding carboxylic acids is 1. The van der Waals surface area contributed by atoms with Crippen LogP contribution in [0.5, 0.6) is 5.75 Å². The topological polar surface area (TPSA) is 54.5 Å². The van der Waals surface area contributed by atoms with Gasteiger partial charge in [-0.2, -0.15) is 0 Å². The van der Waals surface area contributed by atoms with E-state index in [2.05, 4.69) is 28.2 Å². The van der Waals surface area contributed by atoms with Gasteiger partial charge in [-0.15, -0.1) is 0 Å². The smallest absolute Gasteiger partial charge is 0.222 e. The summed E-state index contributed by atoms with van der Waals surface area (Å²) in [5, 5.41) is 4.23. The Morgan fingerprint density at radius 1 is 1.42 bits per heavy atom. The molecule has 1 amide bonds. The monoisotopic (exact) mass is 355 g/mol. The summed E-state index contributed by atoms with van der Waals surface area (Å²) in [5.41, 5.74) is 3.33. The average Bonchev–Trinajstić information content (AvgIpc) is 2.65. The van der Waals surface area contributed by atoms with Gasteiger partial charge in [0.05, 0.1) is 12.8 Å². The summed E-state index contributed by atoms with van der Waals surface area (Å²) in [4.78, 5) is 18.9. The van der Waals surface area contributed by atoms with Crippen LogP contribution in [-0.2, 0) is 4.79 Å². The van der Waals surface area contributed by atoms with E-state index in [0.29, 0.717) is 5.92 Å². The molecule has 0 saturated carbocycles. The molecule has 2 aromatic rings. The summed E-state index contributed by atoms with van der Waals surface area (Å²) in [5.74, 6) is 1.45. The van der Waals surface area contributed by atoms with Crippen molar-refractivity contribution in [2.45, 2.75) is 33.6 Å². The lowest BCUT2D eigenvalue weighted by atomic mass is 9.96. The molecule has 0 bridgehead atoms. The molecule has 26 heavy (non-hydrogen) atoms. The van der Waals surface area contributed by atoms with E-state index in [0.717, 1.165) is 49.1 Å². The number of amides is 1. The van der Waals surface area contributed by atoms with Crippen LogP contribution in [0.4, 0.5) is 5.69 Å². The highest BCUT2D eigenvalue weighted by Gasteiger charge is 2.24. The maximum absolute atomic E-state index is 11.9. The molecular weight excluding hydrogens is 326 g/mol. The fourth-order valence-corrected chi connectivity index (χ4v) is 3.75. The molecule has 3 rings (SSSR count). The third-order valence-corrected chi connectivity index (χ3v) is 5.16. The minimum atomic E-state index is 0.0357. The fraction of sp³-hybridized carbons (Fsp3) is 0.524. The Bertz CT molecular complexity index is 788. The van der Waals surface area contributed by atoms with Gasteiger partial charge in [-0.1, -0.05) is 26.0 Å². The number of para-hydroxylation sites is 1. The van der Waals surface area contributed by atoms with Crippen molar-refractivity contribution >= 4 is 22.5 Å². The van der Waals surface area contributed by atoms with E-state index in [1.54, 1.807) is 7.11 Å². The highest BCUT2D eigenvalue weighted by Crippen LogP contribution is 2.35. The maximum Gasteiger partial charge on any atom is 0.222 e. The van der Waals surface area contributed by atoms with Crippen LogP contribution in [-0.4, -0.2) is 37.6 Å². The Labute approximate surface area is 155 Å². The summed E-state index contributed by atoms with van der Waals surface area (Å²) < 4.78 is 5.49. The molecule has 140 valence electrons. The normalized spacial score (nSPS) is 17.6. The predicted octanol–water partition coefficient (Wildman–Crippen LogP) is 3.54. The quantitative estimate of drug-likeness (QED) is 0.891. The Morgan fingerprint density at radius 2 is 2.23 bits per heavy atom. The molecular formula is C21H29N3O2. The van der Waals surface area contributed by atoms with Crippen LogP contribution < -0.4 is 15.0 Å². The van der Waals surface area contributed by atoms with Gasteiger partial charge in [-0.3, -0.25) is 9.78 Å². The van der Waals surface area contributed by atoms with Gasteiger partial charge in [0.2, 0.25) is 5.91 Å². The van der Waals surface area contributed by atoms with Crippen LogP contribution in [0.1, 0.15) is 32.3 Å². The van der Waals surface area contributed by atoms with E-state index in [1.807, 2.05) is 32.2 Å². The lowest BCUT2D eigenvalue weighted by molar-refractivity contribution is -0.124. The largest absolute Gasteiger partial charge is 0.494 e. The standard InChI is InChI=1S/C21H29N3O2/c1-14(2)21(25)23-12-16-7-6-10-24(13-16)20-15(3)11-22-19-17(20)8-5-9-18(19)26-4/h5,8-9,11,14,16H,6-7,10,12-13H2,1-4H3,(H,23,25)/t16-/m1/s1. The third-order valence-electron chi connectivity index (χ3n) is 5.16. The van der Waals surface area contributed by atoms with Crippen LogP contribution in [0.3, 0.4) is 0 Å². The van der Waals surface area contributed by atoms with E-state index < -0.39 is 0 Å². The molecule has 1 aliphatic rings. The lowest BCUT2D eigenvalue weighted by Gasteiger charge is -2.36. The summed E-state index contributed by atoms with van der Waals surface area (Å²) in [7, 11) is 1.68. The Balaban J connectivity index is 1.84. The number of rotatable bonds is 5. The number of benzene rings is 1. The van der Waals surface area contributed by atoms with Crippen molar-refractivity contribution in [1.29, 1.82) is 0 Å². The molecule has 5 heteroatoms. The first kappa shape index (κ1) is 18.5. The van der Waals surface area contributed by atoms with Crippen LogP contribution in [0.15, 0.2) is 24.4 Å². The molecule has 1 aromatic heterocycles. The average molecular weight is 355 g/mol. The van der Waals surface area contributed by atoms with Gasteiger partial charge in [0.15, 0.2) is 0 Å². The minimum absolute atomic E-state index is 0.0357. The number of methoxy groups -OCH3 is 1. The van der Waals surface area contributed by atoms with Gasteiger partial charge in [0.25, 0.3) is 0 Å². The Hall–Kier alpha value is -2.30. The third kappa shape index (κ3) is 3.76. The zero-order valence-corrected chi connectivity index (χ0v) is 16.2. The number of nitrogens with zero attached hydrogens (tertiary/aromatic N) is 2. The van der Waals surface area contributed by atoms with Crippen LogP contribution in [0, 0.1) is 18.8 Å². The van der Waals surface area contributed by atoms with Crippen LogP contribution >= 0.6 is 0 Å². The molecule has 5 nitrogen and oxygen atoms in total. The highest BCUT2D eigenvalue weighted by atomic mass is 16.5. The number of aryl methyl sites for hydroxylation is 1. The molecule has 0 aliphatic carbocycles. The second-order valence-corrected chi connectivity index (χ2v) is 7.50. The Morgan fingerprint density at radius 3 is 2.96 bits per heavy atom. The number of pyridine rings is 1. The number of aromatic nitrogens is 1. The Kier molecular flexibility index (Phi) is 5.64. The van der Waals surface area contributed by atoms with Crippen molar-refractivity contribution in [3.63, 3.8) is 0 Å². The van der Waals surface area contributed by atoms with Crippen LogP contribution in [0.2, 0.25) is 0 Å². The molecule has 1 fully saturated rings. The molecule has 1 saturated heterocycles. The second kappa shape index (κ2) is 7.94. The van der Waals surface area contributed by atoms with E-state index in [4.69, 9.17) is 4.74 Å². The molecule has 1 atom stereocenters. The van der Waals surface area contributed by atoms with Crippen molar-refractivity contribution in [3.8, 4) is 5.75 Å². The van der Waals surface area contributed by atoms with Gasteiger partial charge < -0.3 is 15.0 Å². The molecule has 0 spiro atoms. The van der Waals surface area contributed by atoms with Gasteiger partial charge in [-0.25, -0.2) is 0 Å².